The Morgan fingerprint density at radius 2 is 2.05 bits per heavy atom. The van der Waals surface area contributed by atoms with Crippen molar-refractivity contribution in [2.45, 2.75) is 26.2 Å². The normalized spacial score (nSPS) is 16.9. The number of ether oxygens (including phenoxy) is 1. The van der Waals surface area contributed by atoms with E-state index in [0.29, 0.717) is 0 Å². The molecule has 0 spiro atoms. The van der Waals surface area contributed by atoms with E-state index in [0.717, 1.165) is 30.3 Å². The molecule has 1 saturated heterocycles. The summed E-state index contributed by atoms with van der Waals surface area (Å²) in [6.07, 6.45) is 5.91. The van der Waals surface area contributed by atoms with Gasteiger partial charge in [-0.2, -0.15) is 0 Å². The lowest BCUT2D eigenvalue weighted by Gasteiger charge is -2.22. The highest BCUT2D eigenvalue weighted by Crippen LogP contribution is 2.31. The Hall–Kier alpha value is -1.48. The fraction of sp³-hybridized carbons (Fsp3) is 0.500. The summed E-state index contributed by atoms with van der Waals surface area (Å²) in [6.45, 7) is 4.45. The number of aryl methyl sites for hydroxylation is 1. The predicted molar refractivity (Wildman–Crippen MR) is 78.9 cm³/mol. The van der Waals surface area contributed by atoms with Crippen LogP contribution in [0.5, 0.6) is 5.75 Å². The molecule has 0 saturated carbocycles. The molecule has 0 bridgehead atoms. The molecule has 3 nitrogen and oxygen atoms in total. The summed E-state index contributed by atoms with van der Waals surface area (Å²) in [5.41, 5.74) is 3.83. The van der Waals surface area contributed by atoms with Crippen molar-refractivity contribution in [3.63, 3.8) is 0 Å². The highest BCUT2D eigenvalue weighted by Gasteiger charge is 2.16. The fourth-order valence-electron chi connectivity index (χ4n) is 3.12. The van der Waals surface area contributed by atoms with Gasteiger partial charge in [0.1, 0.15) is 5.75 Å². The van der Waals surface area contributed by atoms with Crippen molar-refractivity contribution in [3.8, 4) is 5.75 Å². The first-order valence-electron chi connectivity index (χ1n) is 7.13. The summed E-state index contributed by atoms with van der Waals surface area (Å²) in [6, 6.07) is 4.36. The third-order valence-electron chi connectivity index (χ3n) is 4.17. The summed E-state index contributed by atoms with van der Waals surface area (Å²) >= 11 is 0. The number of piperidine rings is 1. The Labute approximate surface area is 114 Å². The van der Waals surface area contributed by atoms with E-state index in [1.807, 2.05) is 0 Å². The summed E-state index contributed by atoms with van der Waals surface area (Å²) in [7, 11) is 1.74. The first kappa shape index (κ1) is 12.5. The van der Waals surface area contributed by atoms with Gasteiger partial charge in [0.05, 0.1) is 12.6 Å². The fourth-order valence-corrected chi connectivity index (χ4v) is 3.12. The van der Waals surface area contributed by atoms with Crippen LogP contribution in [-0.2, 0) is 6.42 Å². The van der Waals surface area contributed by atoms with Gasteiger partial charge in [0.2, 0.25) is 0 Å². The van der Waals surface area contributed by atoms with Crippen LogP contribution in [0.1, 0.15) is 24.0 Å². The number of hydrogen-bond donors (Lipinski definition) is 2. The molecule has 102 valence electrons. The molecule has 0 atom stereocenters. The first-order valence-corrected chi connectivity index (χ1v) is 7.13. The molecular formula is C16H22N2O. The minimum atomic E-state index is 0.812. The monoisotopic (exact) mass is 258 g/mol. The van der Waals surface area contributed by atoms with Crippen LogP contribution < -0.4 is 10.1 Å². The van der Waals surface area contributed by atoms with Gasteiger partial charge in [0.25, 0.3) is 0 Å². The second kappa shape index (κ2) is 5.25. The summed E-state index contributed by atoms with van der Waals surface area (Å²) in [4.78, 5) is 3.38. The number of aromatic nitrogens is 1. The minimum absolute atomic E-state index is 0.812. The smallest absolute Gasteiger partial charge is 0.143 e. The first-order chi connectivity index (χ1) is 9.28. The Bertz CT molecular complexity index is 567. The van der Waals surface area contributed by atoms with Crippen LogP contribution in [0, 0.1) is 12.8 Å². The molecule has 0 unspecified atom stereocenters. The van der Waals surface area contributed by atoms with E-state index in [-0.39, 0.29) is 0 Å². The Kier molecular flexibility index (Phi) is 3.47. The molecule has 1 fully saturated rings. The molecule has 1 aliphatic rings. The molecular weight excluding hydrogens is 236 g/mol. The van der Waals surface area contributed by atoms with Crippen LogP contribution in [0.2, 0.25) is 0 Å². The van der Waals surface area contributed by atoms with Gasteiger partial charge in [-0.15, -0.1) is 0 Å². The highest BCUT2D eigenvalue weighted by molar-refractivity contribution is 5.89. The summed E-state index contributed by atoms with van der Waals surface area (Å²) in [5.74, 6) is 1.76. The lowest BCUT2D eigenvalue weighted by atomic mass is 9.90. The van der Waals surface area contributed by atoms with Crippen molar-refractivity contribution in [2.75, 3.05) is 20.2 Å². The third kappa shape index (κ3) is 2.47. The van der Waals surface area contributed by atoms with E-state index in [4.69, 9.17) is 4.74 Å². The molecule has 3 rings (SSSR count). The SMILES string of the molecule is COc1cc(C)cc2c(CC3CCNCC3)c[nH]c12. The number of hydrogen-bond acceptors (Lipinski definition) is 2. The van der Waals surface area contributed by atoms with Gasteiger partial charge in [0, 0.05) is 11.6 Å². The molecule has 1 aromatic carbocycles. The molecule has 1 aliphatic heterocycles. The Balaban J connectivity index is 1.93. The minimum Gasteiger partial charge on any atom is -0.495 e. The number of aromatic amines is 1. The molecule has 0 amide bonds. The standard InChI is InChI=1S/C16H22N2O/c1-11-7-14-13(9-12-3-5-17-6-4-12)10-18-16(14)15(8-11)19-2/h7-8,10,12,17-18H,3-6,9H2,1-2H3. The average Bonchev–Trinajstić information content (AvgIpc) is 2.82. The summed E-state index contributed by atoms with van der Waals surface area (Å²) < 4.78 is 5.47. The zero-order valence-corrected chi connectivity index (χ0v) is 11.8. The van der Waals surface area contributed by atoms with Crippen molar-refractivity contribution in [2.24, 2.45) is 5.92 Å². The Morgan fingerprint density at radius 3 is 2.79 bits per heavy atom. The second-order valence-corrected chi connectivity index (χ2v) is 5.60. The molecule has 19 heavy (non-hydrogen) atoms. The number of H-pyrrole nitrogens is 1. The molecule has 2 heterocycles. The lowest BCUT2D eigenvalue weighted by molar-refractivity contribution is 0.373. The van der Waals surface area contributed by atoms with Crippen molar-refractivity contribution in [1.29, 1.82) is 0 Å². The largest absolute Gasteiger partial charge is 0.495 e. The third-order valence-corrected chi connectivity index (χ3v) is 4.17. The summed E-state index contributed by atoms with van der Waals surface area (Å²) in [5, 5.41) is 4.76. The zero-order valence-electron chi connectivity index (χ0n) is 11.8. The molecule has 0 aliphatic carbocycles. The van der Waals surface area contributed by atoms with E-state index < -0.39 is 0 Å². The van der Waals surface area contributed by atoms with Gasteiger partial charge in [-0.1, -0.05) is 0 Å². The van der Waals surface area contributed by atoms with Crippen LogP contribution in [-0.4, -0.2) is 25.2 Å². The van der Waals surface area contributed by atoms with Crippen LogP contribution in [0.15, 0.2) is 18.3 Å². The van der Waals surface area contributed by atoms with E-state index in [2.05, 4.69) is 35.6 Å². The molecule has 2 N–H and O–H groups in total. The number of fused-ring (bicyclic) bond motifs is 1. The van der Waals surface area contributed by atoms with Crippen LogP contribution in [0.25, 0.3) is 10.9 Å². The number of nitrogens with one attached hydrogen (secondary N) is 2. The quantitative estimate of drug-likeness (QED) is 0.888. The second-order valence-electron chi connectivity index (χ2n) is 5.60. The molecule has 1 aromatic heterocycles. The maximum atomic E-state index is 5.47. The molecule has 2 aromatic rings. The zero-order chi connectivity index (χ0) is 13.2. The van der Waals surface area contributed by atoms with Gasteiger partial charge in [-0.3, -0.25) is 0 Å². The number of methoxy groups -OCH3 is 1. The van der Waals surface area contributed by atoms with Crippen molar-refractivity contribution in [1.82, 2.24) is 10.3 Å². The molecule has 3 heteroatoms. The van der Waals surface area contributed by atoms with Crippen LogP contribution in [0.3, 0.4) is 0 Å². The maximum absolute atomic E-state index is 5.47. The Morgan fingerprint density at radius 1 is 1.26 bits per heavy atom. The van der Waals surface area contributed by atoms with E-state index in [9.17, 15) is 0 Å². The number of rotatable bonds is 3. The topological polar surface area (TPSA) is 37.0 Å². The average molecular weight is 258 g/mol. The van der Waals surface area contributed by atoms with Gasteiger partial charge in [0.15, 0.2) is 0 Å². The van der Waals surface area contributed by atoms with E-state index in [1.54, 1.807) is 7.11 Å². The van der Waals surface area contributed by atoms with Crippen LogP contribution >= 0.6 is 0 Å². The van der Waals surface area contributed by atoms with E-state index in [1.165, 1.54) is 35.8 Å². The van der Waals surface area contributed by atoms with Crippen molar-refractivity contribution >= 4 is 10.9 Å². The van der Waals surface area contributed by atoms with Crippen molar-refractivity contribution in [3.05, 3.63) is 29.5 Å². The van der Waals surface area contributed by atoms with Crippen molar-refractivity contribution < 1.29 is 4.74 Å². The number of benzene rings is 1. The predicted octanol–water partition coefficient (Wildman–Crippen LogP) is 3.03. The van der Waals surface area contributed by atoms with E-state index >= 15 is 0 Å². The van der Waals surface area contributed by atoms with Gasteiger partial charge < -0.3 is 15.0 Å². The highest BCUT2D eigenvalue weighted by atomic mass is 16.5. The van der Waals surface area contributed by atoms with Gasteiger partial charge in [-0.05, 0) is 68.5 Å². The van der Waals surface area contributed by atoms with Gasteiger partial charge >= 0.3 is 0 Å². The maximum Gasteiger partial charge on any atom is 0.143 e. The lowest BCUT2D eigenvalue weighted by Crippen LogP contribution is -2.28. The van der Waals surface area contributed by atoms with Crippen LogP contribution in [0.4, 0.5) is 0 Å². The van der Waals surface area contributed by atoms with Gasteiger partial charge in [-0.25, -0.2) is 0 Å². The molecule has 0 radical (unpaired) electrons.